The van der Waals surface area contributed by atoms with Crippen LogP contribution in [0, 0.1) is 5.82 Å². The Morgan fingerprint density at radius 3 is 2.13 bits per heavy atom. The van der Waals surface area contributed by atoms with E-state index in [1.165, 1.54) is 24.5 Å². The van der Waals surface area contributed by atoms with Crippen molar-refractivity contribution < 1.29 is 18.7 Å². The molecule has 0 aliphatic rings. The Bertz CT molecular complexity index is 1150. The molecule has 0 fully saturated rings. The molecule has 1 heterocycles. The summed E-state index contributed by atoms with van der Waals surface area (Å²) in [6.45, 7) is 0. The van der Waals surface area contributed by atoms with Gasteiger partial charge in [-0.3, -0.25) is 4.79 Å². The fourth-order valence-corrected chi connectivity index (χ4v) is 2.62. The fourth-order valence-electron chi connectivity index (χ4n) is 2.62. The van der Waals surface area contributed by atoms with Crippen LogP contribution in [0.1, 0.15) is 10.4 Å². The second kappa shape index (κ2) is 8.83. The average Bonchev–Trinajstić information content (AvgIpc) is 2.78. The van der Waals surface area contributed by atoms with Crippen molar-refractivity contribution in [1.29, 1.82) is 0 Å². The first kappa shape index (κ1) is 19.1. The molecule has 3 aromatic carbocycles. The molecular formula is C23H16FN3O3. The number of rotatable bonds is 6. The Kier molecular flexibility index (Phi) is 5.61. The van der Waals surface area contributed by atoms with Gasteiger partial charge >= 0.3 is 6.01 Å². The maximum Gasteiger partial charge on any atom is 0.322 e. The number of halogens is 1. The minimum atomic E-state index is -0.520. The van der Waals surface area contributed by atoms with Gasteiger partial charge in [0.05, 0.1) is 23.6 Å². The molecule has 0 saturated heterocycles. The van der Waals surface area contributed by atoms with E-state index in [9.17, 15) is 9.18 Å². The number of hydrogen-bond donors (Lipinski definition) is 1. The molecule has 0 bridgehead atoms. The predicted molar refractivity (Wildman–Crippen MR) is 109 cm³/mol. The van der Waals surface area contributed by atoms with Gasteiger partial charge in [-0.2, -0.15) is 0 Å². The largest absolute Gasteiger partial charge is 0.457 e. The second-order valence-corrected chi connectivity index (χ2v) is 6.15. The molecule has 0 unspecified atom stereocenters. The summed E-state index contributed by atoms with van der Waals surface area (Å²) >= 11 is 0. The topological polar surface area (TPSA) is 73.3 Å². The lowest BCUT2D eigenvalue weighted by Crippen LogP contribution is -2.13. The third-order valence-electron chi connectivity index (χ3n) is 4.03. The molecule has 0 atom stereocenters. The van der Waals surface area contributed by atoms with Crippen LogP contribution in [0.25, 0.3) is 0 Å². The summed E-state index contributed by atoms with van der Waals surface area (Å²) in [7, 11) is 0. The molecule has 0 aliphatic carbocycles. The molecule has 0 saturated carbocycles. The predicted octanol–water partition coefficient (Wildman–Crippen LogP) is 5.45. The van der Waals surface area contributed by atoms with Crippen LogP contribution in [0.3, 0.4) is 0 Å². The van der Waals surface area contributed by atoms with Crippen molar-refractivity contribution in [3.05, 3.63) is 103 Å². The highest BCUT2D eigenvalue weighted by Gasteiger charge is 2.14. The normalized spacial score (nSPS) is 10.3. The first-order chi connectivity index (χ1) is 14.7. The van der Waals surface area contributed by atoms with Crippen LogP contribution in [0.5, 0.6) is 23.3 Å². The molecule has 0 spiro atoms. The SMILES string of the molecule is O=C(Nc1cnc(Oc2ccccc2F)nc1)c1ccccc1Oc1ccccc1. The van der Waals surface area contributed by atoms with Crippen LogP contribution in [0.15, 0.2) is 91.3 Å². The van der Waals surface area contributed by atoms with E-state index in [1.807, 2.05) is 18.2 Å². The van der Waals surface area contributed by atoms with Gasteiger partial charge in [-0.1, -0.05) is 42.5 Å². The summed E-state index contributed by atoms with van der Waals surface area (Å²) < 4.78 is 24.8. The molecule has 7 heteroatoms. The number of nitrogens with zero attached hydrogens (tertiary/aromatic N) is 2. The molecule has 30 heavy (non-hydrogen) atoms. The summed E-state index contributed by atoms with van der Waals surface area (Å²) in [5, 5.41) is 2.71. The van der Waals surface area contributed by atoms with Crippen LogP contribution in [0.2, 0.25) is 0 Å². The Morgan fingerprint density at radius 1 is 0.767 bits per heavy atom. The minimum Gasteiger partial charge on any atom is -0.457 e. The highest BCUT2D eigenvalue weighted by molar-refractivity contribution is 6.06. The van der Waals surface area contributed by atoms with E-state index in [4.69, 9.17) is 9.47 Å². The number of aromatic nitrogens is 2. The first-order valence-electron chi connectivity index (χ1n) is 9.07. The van der Waals surface area contributed by atoms with Gasteiger partial charge in [0, 0.05) is 0 Å². The van der Waals surface area contributed by atoms with Crippen molar-refractivity contribution in [3.8, 4) is 23.3 Å². The maximum atomic E-state index is 13.7. The van der Waals surface area contributed by atoms with E-state index in [1.54, 1.807) is 48.5 Å². The molecule has 1 N–H and O–H groups in total. The Balaban J connectivity index is 1.46. The lowest BCUT2D eigenvalue weighted by Gasteiger charge is -2.11. The molecule has 1 amide bonds. The first-order valence-corrected chi connectivity index (χ1v) is 9.07. The number of nitrogens with one attached hydrogen (secondary N) is 1. The number of para-hydroxylation sites is 3. The van der Waals surface area contributed by atoms with E-state index >= 15 is 0 Å². The van der Waals surface area contributed by atoms with Gasteiger partial charge in [0.25, 0.3) is 5.91 Å². The van der Waals surface area contributed by atoms with E-state index in [2.05, 4.69) is 15.3 Å². The third-order valence-corrected chi connectivity index (χ3v) is 4.03. The van der Waals surface area contributed by atoms with Crippen molar-refractivity contribution in [3.63, 3.8) is 0 Å². The number of anilines is 1. The molecule has 4 aromatic rings. The Morgan fingerprint density at radius 2 is 1.40 bits per heavy atom. The van der Waals surface area contributed by atoms with Crippen molar-refractivity contribution in [2.45, 2.75) is 0 Å². The monoisotopic (exact) mass is 401 g/mol. The number of carbonyl (C=O) groups is 1. The minimum absolute atomic E-state index is 0.0151. The van der Waals surface area contributed by atoms with Gasteiger partial charge in [-0.15, -0.1) is 0 Å². The Labute approximate surface area is 172 Å². The summed E-state index contributed by atoms with van der Waals surface area (Å²) in [5.74, 6) is 0.153. The summed E-state index contributed by atoms with van der Waals surface area (Å²) in [5.41, 5.74) is 0.712. The highest BCUT2D eigenvalue weighted by Crippen LogP contribution is 2.26. The van der Waals surface area contributed by atoms with Crippen molar-refractivity contribution >= 4 is 11.6 Å². The fraction of sp³-hybridized carbons (Fsp3) is 0. The van der Waals surface area contributed by atoms with E-state index in [-0.39, 0.29) is 17.7 Å². The number of benzene rings is 3. The molecule has 148 valence electrons. The van der Waals surface area contributed by atoms with Crippen molar-refractivity contribution in [2.75, 3.05) is 5.32 Å². The molecular weight excluding hydrogens is 385 g/mol. The number of carbonyl (C=O) groups excluding carboxylic acids is 1. The zero-order chi connectivity index (χ0) is 20.8. The summed E-state index contributed by atoms with van der Waals surface area (Å²) in [4.78, 5) is 20.7. The highest BCUT2D eigenvalue weighted by atomic mass is 19.1. The second-order valence-electron chi connectivity index (χ2n) is 6.15. The molecule has 4 rings (SSSR count). The van der Waals surface area contributed by atoms with Crippen LogP contribution in [0.4, 0.5) is 10.1 Å². The Hall–Kier alpha value is -4.26. The van der Waals surface area contributed by atoms with Gasteiger partial charge in [-0.05, 0) is 36.4 Å². The average molecular weight is 401 g/mol. The zero-order valence-corrected chi connectivity index (χ0v) is 15.7. The van der Waals surface area contributed by atoms with Crippen LogP contribution in [-0.2, 0) is 0 Å². The quantitative estimate of drug-likeness (QED) is 0.465. The number of amides is 1. The number of hydrogen-bond acceptors (Lipinski definition) is 5. The zero-order valence-electron chi connectivity index (χ0n) is 15.7. The molecule has 1 aromatic heterocycles. The van der Waals surface area contributed by atoms with E-state index in [0.29, 0.717) is 22.7 Å². The molecule has 6 nitrogen and oxygen atoms in total. The third kappa shape index (κ3) is 4.59. The standard InChI is InChI=1S/C23H16FN3O3/c24-19-11-5-7-13-21(19)30-23-25-14-16(15-26-23)27-22(28)18-10-4-6-12-20(18)29-17-8-2-1-3-9-17/h1-15H,(H,27,28). The summed E-state index contributed by atoms with van der Waals surface area (Å²) in [6.07, 6.45) is 2.75. The lowest BCUT2D eigenvalue weighted by atomic mass is 10.2. The van der Waals surface area contributed by atoms with Crippen LogP contribution < -0.4 is 14.8 Å². The van der Waals surface area contributed by atoms with Crippen molar-refractivity contribution in [1.82, 2.24) is 9.97 Å². The van der Waals surface area contributed by atoms with Crippen LogP contribution >= 0.6 is 0 Å². The van der Waals surface area contributed by atoms with Gasteiger partial charge in [0.1, 0.15) is 11.5 Å². The van der Waals surface area contributed by atoms with Crippen molar-refractivity contribution in [2.24, 2.45) is 0 Å². The smallest absolute Gasteiger partial charge is 0.322 e. The van der Waals surface area contributed by atoms with E-state index < -0.39 is 5.82 Å². The van der Waals surface area contributed by atoms with Crippen LogP contribution in [-0.4, -0.2) is 15.9 Å². The maximum absolute atomic E-state index is 13.7. The number of ether oxygens (including phenoxy) is 2. The summed E-state index contributed by atoms with van der Waals surface area (Å²) in [6, 6.07) is 22.0. The van der Waals surface area contributed by atoms with Gasteiger partial charge in [0.15, 0.2) is 11.6 Å². The molecule has 0 aliphatic heterocycles. The lowest BCUT2D eigenvalue weighted by molar-refractivity contribution is 0.102. The molecule has 0 radical (unpaired) electrons. The van der Waals surface area contributed by atoms with Gasteiger partial charge in [-0.25, -0.2) is 14.4 Å². The van der Waals surface area contributed by atoms with E-state index in [0.717, 1.165) is 0 Å². The van der Waals surface area contributed by atoms with Gasteiger partial charge in [0.2, 0.25) is 0 Å². The van der Waals surface area contributed by atoms with Gasteiger partial charge < -0.3 is 14.8 Å².